The number of nitrogens with one attached hydrogen (secondary N) is 2. The lowest BCUT2D eigenvalue weighted by Crippen LogP contribution is -2.47. The molecule has 2 N–H and O–H groups in total. The molecule has 148 valence electrons. The van der Waals surface area contributed by atoms with Crippen molar-refractivity contribution in [3.8, 4) is 0 Å². The highest BCUT2D eigenvalue weighted by Crippen LogP contribution is 2.16. The number of nitrogens with zero attached hydrogens (tertiary/aromatic N) is 3. The van der Waals surface area contributed by atoms with Gasteiger partial charge in [0.25, 0.3) is 0 Å². The summed E-state index contributed by atoms with van der Waals surface area (Å²) in [5.74, 6) is 1.71. The Balaban J connectivity index is 0.00000312. The first-order chi connectivity index (χ1) is 11.8. The van der Waals surface area contributed by atoms with Gasteiger partial charge in [0, 0.05) is 39.8 Å². The van der Waals surface area contributed by atoms with Crippen molar-refractivity contribution in [2.45, 2.75) is 38.6 Å². The Morgan fingerprint density at radius 3 is 2.48 bits per heavy atom. The lowest BCUT2D eigenvalue weighted by molar-refractivity contribution is 0.121. The number of rotatable bonds is 8. The van der Waals surface area contributed by atoms with Crippen molar-refractivity contribution < 1.29 is 4.74 Å². The molecule has 2 rings (SSSR count). The molecule has 0 aromatic rings. The highest BCUT2D eigenvalue weighted by Gasteiger charge is 2.23. The number of hydrogen-bond donors (Lipinski definition) is 2. The Kier molecular flexibility index (Phi) is 12.0. The van der Waals surface area contributed by atoms with Gasteiger partial charge in [-0.2, -0.15) is 0 Å². The van der Waals surface area contributed by atoms with Gasteiger partial charge in [-0.15, -0.1) is 24.0 Å². The zero-order chi connectivity index (χ0) is 17.2. The number of likely N-dealkylation sites (tertiary alicyclic amines) is 2. The van der Waals surface area contributed by atoms with E-state index in [4.69, 9.17) is 4.74 Å². The average molecular weight is 467 g/mol. The van der Waals surface area contributed by atoms with Crippen LogP contribution in [0.4, 0.5) is 0 Å². The lowest BCUT2D eigenvalue weighted by atomic mass is 9.97. The molecule has 0 saturated carbocycles. The van der Waals surface area contributed by atoms with E-state index in [1.165, 1.54) is 45.3 Å². The highest BCUT2D eigenvalue weighted by atomic mass is 127. The first-order valence-electron chi connectivity index (χ1n) is 9.66. The van der Waals surface area contributed by atoms with Crippen LogP contribution in [0.25, 0.3) is 0 Å². The van der Waals surface area contributed by atoms with E-state index in [-0.39, 0.29) is 24.0 Å². The minimum Gasteiger partial charge on any atom is -0.383 e. The van der Waals surface area contributed by atoms with Crippen LogP contribution >= 0.6 is 24.0 Å². The van der Waals surface area contributed by atoms with Gasteiger partial charge in [0.2, 0.25) is 0 Å². The Bertz CT molecular complexity index is 374. The van der Waals surface area contributed by atoms with Crippen LogP contribution in [0.5, 0.6) is 0 Å². The molecule has 1 unspecified atom stereocenters. The Morgan fingerprint density at radius 2 is 1.84 bits per heavy atom. The predicted octanol–water partition coefficient (Wildman–Crippen LogP) is 1.61. The number of ether oxygens (including phenoxy) is 1. The minimum absolute atomic E-state index is 0. The quantitative estimate of drug-likeness (QED) is 0.323. The second-order valence-corrected chi connectivity index (χ2v) is 7.04. The van der Waals surface area contributed by atoms with Gasteiger partial charge in [-0.25, -0.2) is 0 Å². The van der Waals surface area contributed by atoms with Crippen LogP contribution in [0.1, 0.15) is 32.6 Å². The van der Waals surface area contributed by atoms with Gasteiger partial charge in [-0.1, -0.05) is 6.92 Å². The van der Waals surface area contributed by atoms with Crippen LogP contribution in [-0.4, -0.2) is 88.4 Å². The smallest absolute Gasteiger partial charge is 0.191 e. The fourth-order valence-corrected chi connectivity index (χ4v) is 3.85. The summed E-state index contributed by atoms with van der Waals surface area (Å²) in [5.41, 5.74) is 0. The Morgan fingerprint density at radius 1 is 1.12 bits per heavy atom. The van der Waals surface area contributed by atoms with Crippen LogP contribution in [0.3, 0.4) is 0 Å². The van der Waals surface area contributed by atoms with Gasteiger partial charge in [0.15, 0.2) is 5.96 Å². The van der Waals surface area contributed by atoms with Crippen molar-refractivity contribution >= 4 is 29.9 Å². The van der Waals surface area contributed by atoms with Crippen LogP contribution in [0, 0.1) is 5.92 Å². The largest absolute Gasteiger partial charge is 0.383 e. The van der Waals surface area contributed by atoms with Gasteiger partial charge < -0.3 is 20.3 Å². The van der Waals surface area contributed by atoms with E-state index < -0.39 is 0 Å². The molecule has 6 nitrogen and oxygen atoms in total. The topological polar surface area (TPSA) is 52.1 Å². The van der Waals surface area contributed by atoms with E-state index in [0.717, 1.165) is 44.7 Å². The summed E-state index contributed by atoms with van der Waals surface area (Å²) < 4.78 is 5.17. The molecular formula is C18H38IN5O. The summed E-state index contributed by atoms with van der Waals surface area (Å²) >= 11 is 0. The van der Waals surface area contributed by atoms with E-state index >= 15 is 0 Å². The van der Waals surface area contributed by atoms with Crippen LogP contribution in [0.2, 0.25) is 0 Å². The summed E-state index contributed by atoms with van der Waals surface area (Å²) in [4.78, 5) is 9.46. The third-order valence-electron chi connectivity index (χ3n) is 5.51. The Labute approximate surface area is 171 Å². The van der Waals surface area contributed by atoms with E-state index in [0.29, 0.717) is 6.04 Å². The highest BCUT2D eigenvalue weighted by molar-refractivity contribution is 14.0. The number of hydrogen-bond acceptors (Lipinski definition) is 4. The first kappa shape index (κ1) is 22.9. The standard InChI is InChI=1S/C18H37N5O.HI/c1-4-23-9-5-6-17(23)15-21-18(19-2)20-14-16-7-10-22(11-8-16)12-13-24-3;/h16-17H,4-15H2,1-3H3,(H2,19,20,21);1H. The summed E-state index contributed by atoms with van der Waals surface area (Å²) in [5, 5.41) is 7.05. The van der Waals surface area contributed by atoms with Crippen molar-refractivity contribution in [2.75, 3.05) is 66.6 Å². The van der Waals surface area contributed by atoms with Crippen LogP contribution in [0.15, 0.2) is 4.99 Å². The second kappa shape index (κ2) is 13.1. The molecule has 2 aliphatic rings. The molecule has 0 aromatic heterocycles. The zero-order valence-corrected chi connectivity index (χ0v) is 18.6. The predicted molar refractivity (Wildman–Crippen MR) is 116 cm³/mol. The van der Waals surface area contributed by atoms with E-state index in [2.05, 4.69) is 32.3 Å². The monoisotopic (exact) mass is 467 g/mol. The first-order valence-corrected chi connectivity index (χ1v) is 9.66. The zero-order valence-electron chi connectivity index (χ0n) is 16.3. The number of piperidine rings is 1. The number of methoxy groups -OCH3 is 1. The number of halogens is 1. The number of aliphatic imine (C=N–C) groups is 1. The molecule has 7 heteroatoms. The molecule has 1 atom stereocenters. The normalized spacial score (nSPS) is 23.5. The van der Waals surface area contributed by atoms with E-state index in [9.17, 15) is 0 Å². The summed E-state index contributed by atoms with van der Waals surface area (Å²) in [6.45, 7) is 11.0. The molecule has 2 aliphatic heterocycles. The summed E-state index contributed by atoms with van der Waals surface area (Å²) in [7, 11) is 3.65. The molecule has 0 radical (unpaired) electrons. The van der Waals surface area contributed by atoms with Gasteiger partial charge in [0.05, 0.1) is 6.61 Å². The average Bonchev–Trinajstić information content (AvgIpc) is 3.08. The minimum atomic E-state index is 0. The molecule has 2 heterocycles. The van der Waals surface area contributed by atoms with Crippen LogP contribution in [-0.2, 0) is 4.74 Å². The SMILES string of the molecule is CCN1CCCC1CNC(=NC)NCC1CCN(CCOC)CC1.I. The van der Waals surface area contributed by atoms with E-state index in [1.807, 2.05) is 7.05 Å². The molecule has 0 aliphatic carbocycles. The van der Waals surface area contributed by atoms with E-state index in [1.54, 1.807) is 7.11 Å². The summed E-state index contributed by atoms with van der Waals surface area (Å²) in [6, 6.07) is 0.664. The number of guanidine groups is 1. The molecule has 25 heavy (non-hydrogen) atoms. The third kappa shape index (κ3) is 7.97. The maximum Gasteiger partial charge on any atom is 0.191 e. The second-order valence-electron chi connectivity index (χ2n) is 7.04. The van der Waals surface area contributed by atoms with Crippen molar-refractivity contribution in [1.82, 2.24) is 20.4 Å². The van der Waals surface area contributed by atoms with Crippen molar-refractivity contribution in [3.63, 3.8) is 0 Å². The maximum atomic E-state index is 5.17. The molecule has 2 fully saturated rings. The van der Waals surface area contributed by atoms with Gasteiger partial charge in [0.1, 0.15) is 0 Å². The lowest BCUT2D eigenvalue weighted by Gasteiger charge is -2.32. The van der Waals surface area contributed by atoms with Crippen molar-refractivity contribution in [3.05, 3.63) is 0 Å². The molecule has 0 spiro atoms. The van der Waals surface area contributed by atoms with Gasteiger partial charge in [-0.3, -0.25) is 9.89 Å². The fraction of sp³-hybridized carbons (Fsp3) is 0.944. The number of likely N-dealkylation sites (N-methyl/N-ethyl adjacent to an activating group) is 1. The van der Waals surface area contributed by atoms with Gasteiger partial charge in [-0.05, 0) is 57.8 Å². The molecule has 0 amide bonds. The van der Waals surface area contributed by atoms with Crippen molar-refractivity contribution in [2.24, 2.45) is 10.9 Å². The maximum absolute atomic E-state index is 5.17. The third-order valence-corrected chi connectivity index (χ3v) is 5.51. The van der Waals surface area contributed by atoms with Crippen molar-refractivity contribution in [1.29, 1.82) is 0 Å². The molecule has 0 bridgehead atoms. The molecular weight excluding hydrogens is 429 g/mol. The summed E-state index contributed by atoms with van der Waals surface area (Å²) in [6.07, 6.45) is 5.16. The molecule has 2 saturated heterocycles. The van der Waals surface area contributed by atoms with Crippen LogP contribution < -0.4 is 10.6 Å². The molecule has 0 aromatic carbocycles. The van der Waals surface area contributed by atoms with Gasteiger partial charge >= 0.3 is 0 Å². The fourth-order valence-electron chi connectivity index (χ4n) is 3.85. The Hall–Kier alpha value is -0.120.